The Bertz CT molecular complexity index is 1110. The van der Waals surface area contributed by atoms with Crippen molar-refractivity contribution in [2.45, 2.75) is 25.7 Å². The van der Waals surface area contributed by atoms with Crippen LogP contribution in [0.2, 0.25) is 0 Å². The summed E-state index contributed by atoms with van der Waals surface area (Å²) in [4.78, 5) is 26.2. The van der Waals surface area contributed by atoms with Crippen molar-refractivity contribution in [3.63, 3.8) is 0 Å². The van der Waals surface area contributed by atoms with E-state index < -0.39 is 15.9 Å². The molecule has 1 aliphatic rings. The number of morpholine rings is 1. The van der Waals surface area contributed by atoms with Crippen LogP contribution in [0.3, 0.4) is 0 Å². The molecule has 1 saturated heterocycles. The summed E-state index contributed by atoms with van der Waals surface area (Å²) in [5.74, 6) is -0.0297. The number of nitrogens with zero attached hydrogens (tertiary/aromatic N) is 2. The highest BCUT2D eigenvalue weighted by Gasteiger charge is 2.27. The fraction of sp³-hybridized carbons (Fsp3) is 0.417. The number of carbonyl (C=O) groups is 2. The van der Waals surface area contributed by atoms with E-state index in [0.29, 0.717) is 43.3 Å². The van der Waals surface area contributed by atoms with Crippen LogP contribution in [0.25, 0.3) is 0 Å². The summed E-state index contributed by atoms with van der Waals surface area (Å²) in [7, 11) is -3.72. The Balaban J connectivity index is 1.80. The van der Waals surface area contributed by atoms with E-state index in [1.807, 2.05) is 18.7 Å². The molecule has 1 amide bonds. The zero-order chi connectivity index (χ0) is 24.7. The Kier molecular flexibility index (Phi) is 8.65. The average molecular weight is 490 g/mol. The van der Waals surface area contributed by atoms with E-state index in [2.05, 4.69) is 5.32 Å². The first-order valence-electron chi connectivity index (χ1n) is 11.3. The molecule has 9 nitrogen and oxygen atoms in total. The molecule has 0 unspecified atom stereocenters. The van der Waals surface area contributed by atoms with Crippen molar-refractivity contribution >= 4 is 33.1 Å². The van der Waals surface area contributed by atoms with Gasteiger partial charge in [0.25, 0.3) is 5.91 Å². The summed E-state index contributed by atoms with van der Waals surface area (Å²) in [6, 6.07) is 11.3. The van der Waals surface area contributed by atoms with Gasteiger partial charge in [0.2, 0.25) is 10.0 Å². The van der Waals surface area contributed by atoms with E-state index in [4.69, 9.17) is 9.47 Å². The first kappa shape index (κ1) is 25.7. The van der Waals surface area contributed by atoms with Crippen LogP contribution in [0.15, 0.2) is 47.4 Å². The molecule has 1 N–H and O–H groups in total. The lowest BCUT2D eigenvalue weighted by atomic mass is 10.1. The normalized spacial score (nSPS) is 14.4. The predicted molar refractivity (Wildman–Crippen MR) is 130 cm³/mol. The van der Waals surface area contributed by atoms with Gasteiger partial charge in [0.1, 0.15) is 5.75 Å². The zero-order valence-corrected chi connectivity index (χ0v) is 20.6. The second-order valence-corrected chi connectivity index (χ2v) is 9.72. The molecule has 0 bridgehead atoms. The van der Waals surface area contributed by atoms with Crippen molar-refractivity contribution in [2.24, 2.45) is 0 Å². The minimum absolute atomic E-state index is 0.0554. The van der Waals surface area contributed by atoms with Crippen LogP contribution < -0.4 is 15.0 Å². The van der Waals surface area contributed by atoms with Crippen LogP contribution in [0.5, 0.6) is 5.75 Å². The smallest absolute Gasteiger partial charge is 0.262 e. The van der Waals surface area contributed by atoms with E-state index >= 15 is 0 Å². The van der Waals surface area contributed by atoms with Crippen molar-refractivity contribution in [1.82, 2.24) is 4.31 Å². The minimum Gasteiger partial charge on any atom is -0.484 e. The molecule has 0 aliphatic carbocycles. The number of ketones is 1. The van der Waals surface area contributed by atoms with Crippen LogP contribution >= 0.6 is 0 Å². The Morgan fingerprint density at radius 3 is 2.29 bits per heavy atom. The van der Waals surface area contributed by atoms with Gasteiger partial charge < -0.3 is 19.7 Å². The lowest BCUT2D eigenvalue weighted by molar-refractivity contribution is -0.118. The Morgan fingerprint density at radius 1 is 1.06 bits per heavy atom. The highest BCUT2D eigenvalue weighted by Crippen LogP contribution is 2.30. The average Bonchev–Trinajstić information content (AvgIpc) is 2.85. The molecule has 2 aromatic rings. The highest BCUT2D eigenvalue weighted by molar-refractivity contribution is 7.89. The molecular formula is C24H31N3O6S. The molecule has 2 aromatic carbocycles. The molecule has 1 aliphatic heterocycles. The fourth-order valence-corrected chi connectivity index (χ4v) is 5.11. The van der Waals surface area contributed by atoms with Crippen LogP contribution in [-0.4, -0.2) is 70.4 Å². The van der Waals surface area contributed by atoms with E-state index in [9.17, 15) is 18.0 Å². The highest BCUT2D eigenvalue weighted by atomic mass is 32.2. The number of Topliss-reactive ketones (excluding diaryl/α,β-unsaturated/α-hetero) is 1. The van der Waals surface area contributed by atoms with Crippen LogP contribution in [0.1, 0.15) is 31.1 Å². The van der Waals surface area contributed by atoms with Gasteiger partial charge in [-0.05, 0) is 63.2 Å². The molecule has 1 heterocycles. The molecule has 1 fully saturated rings. The summed E-state index contributed by atoms with van der Waals surface area (Å²) in [5.41, 5.74) is 1.68. The van der Waals surface area contributed by atoms with Gasteiger partial charge in [0.15, 0.2) is 12.4 Å². The van der Waals surface area contributed by atoms with Gasteiger partial charge in [-0.2, -0.15) is 4.31 Å². The van der Waals surface area contributed by atoms with E-state index in [0.717, 1.165) is 5.69 Å². The number of amides is 1. The number of sulfonamides is 1. The molecule has 34 heavy (non-hydrogen) atoms. The van der Waals surface area contributed by atoms with Gasteiger partial charge in [0.05, 0.1) is 29.5 Å². The molecule has 3 rings (SSSR count). The lowest BCUT2D eigenvalue weighted by Crippen LogP contribution is -2.40. The van der Waals surface area contributed by atoms with Crippen molar-refractivity contribution < 1.29 is 27.5 Å². The molecule has 0 aromatic heterocycles. The van der Waals surface area contributed by atoms with Crippen molar-refractivity contribution in [2.75, 3.05) is 56.2 Å². The summed E-state index contributed by atoms with van der Waals surface area (Å²) in [6.45, 7) is 7.85. The summed E-state index contributed by atoms with van der Waals surface area (Å²) in [6.07, 6.45) is 0. The van der Waals surface area contributed by atoms with Gasteiger partial charge in [-0.1, -0.05) is 0 Å². The Morgan fingerprint density at radius 2 is 1.71 bits per heavy atom. The van der Waals surface area contributed by atoms with Gasteiger partial charge >= 0.3 is 0 Å². The summed E-state index contributed by atoms with van der Waals surface area (Å²) >= 11 is 0. The summed E-state index contributed by atoms with van der Waals surface area (Å²) in [5, 5.41) is 2.81. The number of anilines is 2. The van der Waals surface area contributed by atoms with E-state index in [1.54, 1.807) is 36.4 Å². The van der Waals surface area contributed by atoms with Gasteiger partial charge in [-0.15, -0.1) is 0 Å². The second kappa shape index (κ2) is 11.5. The summed E-state index contributed by atoms with van der Waals surface area (Å²) < 4.78 is 38.5. The number of nitrogens with one attached hydrogen (secondary N) is 1. The van der Waals surface area contributed by atoms with Crippen molar-refractivity contribution in [1.29, 1.82) is 0 Å². The van der Waals surface area contributed by atoms with Crippen molar-refractivity contribution in [3.05, 3.63) is 48.0 Å². The monoisotopic (exact) mass is 489 g/mol. The first-order valence-corrected chi connectivity index (χ1v) is 12.7. The van der Waals surface area contributed by atoms with Crippen LogP contribution in [0, 0.1) is 0 Å². The Labute approximate surface area is 200 Å². The third-order valence-corrected chi connectivity index (χ3v) is 7.48. The second-order valence-electron chi connectivity index (χ2n) is 7.79. The third kappa shape index (κ3) is 6.13. The van der Waals surface area contributed by atoms with Gasteiger partial charge in [0, 0.05) is 31.7 Å². The van der Waals surface area contributed by atoms with Gasteiger partial charge in [-0.25, -0.2) is 8.42 Å². The number of benzene rings is 2. The first-order chi connectivity index (χ1) is 16.3. The standard InChI is InChI=1S/C24H31N3O6S/c1-4-26(5-2)23-11-10-21(34(30,31)27-12-14-32-15-13-27)16-22(23)25-24(29)17-33-20-8-6-19(7-9-20)18(3)28/h6-11,16H,4-5,12-15,17H2,1-3H3,(H,25,29). The molecule has 0 saturated carbocycles. The third-order valence-electron chi connectivity index (χ3n) is 5.58. The topological polar surface area (TPSA) is 105 Å². The number of hydrogen-bond acceptors (Lipinski definition) is 7. The van der Waals surface area contributed by atoms with Crippen molar-refractivity contribution in [3.8, 4) is 5.75 Å². The number of ether oxygens (including phenoxy) is 2. The number of hydrogen-bond donors (Lipinski definition) is 1. The van der Waals surface area contributed by atoms with Gasteiger partial charge in [-0.3, -0.25) is 9.59 Å². The lowest BCUT2D eigenvalue weighted by Gasteiger charge is -2.28. The molecule has 184 valence electrons. The molecule has 0 radical (unpaired) electrons. The quantitative estimate of drug-likeness (QED) is 0.512. The van der Waals surface area contributed by atoms with Crippen LogP contribution in [0.4, 0.5) is 11.4 Å². The molecule has 0 spiro atoms. The molecule has 0 atom stereocenters. The van der Waals surface area contributed by atoms with Crippen LogP contribution in [-0.2, 0) is 19.6 Å². The number of rotatable bonds is 10. The van der Waals surface area contributed by atoms with E-state index in [-0.39, 0.29) is 30.4 Å². The zero-order valence-electron chi connectivity index (χ0n) is 19.7. The predicted octanol–water partition coefficient (Wildman–Crippen LogP) is 2.77. The minimum atomic E-state index is -3.72. The molecular weight excluding hydrogens is 458 g/mol. The maximum Gasteiger partial charge on any atom is 0.262 e. The Hall–Kier alpha value is -2.95. The maximum atomic E-state index is 13.1. The SMILES string of the molecule is CCN(CC)c1ccc(S(=O)(=O)N2CCOCC2)cc1NC(=O)COc1ccc(C(C)=O)cc1. The number of carbonyl (C=O) groups excluding carboxylic acids is 2. The molecule has 10 heteroatoms. The fourth-order valence-electron chi connectivity index (χ4n) is 3.67. The largest absolute Gasteiger partial charge is 0.484 e. The maximum absolute atomic E-state index is 13.1. The van der Waals surface area contributed by atoms with E-state index in [1.165, 1.54) is 17.3 Å².